The molecule has 8 rings (SSSR count). The molecule has 0 unspecified atom stereocenters. The number of rotatable bonds is 31. The lowest BCUT2D eigenvalue weighted by molar-refractivity contribution is -0.129. The van der Waals surface area contributed by atoms with Gasteiger partial charge in [0, 0.05) is 90.9 Å². The number of sulfonamides is 2. The van der Waals surface area contributed by atoms with E-state index in [1.165, 1.54) is 0 Å². The summed E-state index contributed by atoms with van der Waals surface area (Å²) in [5.41, 5.74) is 33.2. The Morgan fingerprint density at radius 1 is 0.532 bits per heavy atom. The highest BCUT2D eigenvalue weighted by Crippen LogP contribution is 2.45. The fourth-order valence-corrected chi connectivity index (χ4v) is 15.5. The number of hydrogen-bond donors (Lipinski definition) is 13. The van der Waals surface area contributed by atoms with Crippen molar-refractivity contribution in [1.29, 1.82) is 0 Å². The zero-order valence-electron chi connectivity index (χ0n) is 55.7. The molecule has 4 amide bonds. The molecular weight excluding hydrogens is 1240 g/mol. The Balaban J connectivity index is 0.804. The molecule has 510 valence electrons. The van der Waals surface area contributed by atoms with Crippen molar-refractivity contribution in [3.63, 3.8) is 0 Å². The van der Waals surface area contributed by atoms with Gasteiger partial charge in [-0.1, -0.05) is 42.8 Å². The van der Waals surface area contributed by atoms with Crippen LogP contribution in [0.3, 0.4) is 0 Å². The van der Waals surface area contributed by atoms with E-state index < -0.39 is 79.0 Å². The molecule has 27 heteroatoms. The van der Waals surface area contributed by atoms with E-state index in [-0.39, 0.29) is 79.9 Å². The van der Waals surface area contributed by atoms with E-state index in [2.05, 4.69) is 56.0 Å². The molecule has 0 radical (unpaired) electrons. The van der Waals surface area contributed by atoms with Crippen molar-refractivity contribution in [3.8, 4) is 11.5 Å². The lowest BCUT2D eigenvalue weighted by Gasteiger charge is -2.21. The zero-order valence-corrected chi connectivity index (χ0v) is 57.3. The SMILES string of the molecule is Cc1c(C)c(S(=O)(=O)NC(N)=NCCC[C@@H](NC(=O)[C@H](N)Cc2c[nH]c3ccccc23)C(=O)NCCCCCNCCNC(=O)[C@@H](CCCN=C(N)NS(=O)(=O)c2c(C)c(C)c3c(c2C)CC(C)(C)O3)NC(=O)[C@H](N)Cc2c[nH]c3ccccc23)c(C)c2c1OC(C)(C)C2. The molecule has 25 nitrogen and oxygen atoms in total. The van der Waals surface area contributed by atoms with E-state index in [9.17, 15) is 36.0 Å². The average molecular weight is 1330 g/mol. The highest BCUT2D eigenvalue weighted by molar-refractivity contribution is 7.90. The number of amides is 4. The summed E-state index contributed by atoms with van der Waals surface area (Å²) >= 11 is 0. The molecule has 4 heterocycles. The summed E-state index contributed by atoms with van der Waals surface area (Å²) in [6, 6.07) is 11.4. The first-order valence-corrected chi connectivity index (χ1v) is 35.1. The third kappa shape index (κ3) is 17.6. The van der Waals surface area contributed by atoms with Gasteiger partial charge in [-0.3, -0.25) is 29.2 Å². The minimum Gasteiger partial charge on any atom is -0.487 e. The van der Waals surface area contributed by atoms with Gasteiger partial charge < -0.3 is 69.0 Å². The fourth-order valence-electron chi connectivity index (χ4n) is 12.5. The third-order valence-electron chi connectivity index (χ3n) is 17.6. The molecule has 0 saturated heterocycles. The summed E-state index contributed by atoms with van der Waals surface area (Å²) in [7, 11) is -8.30. The van der Waals surface area contributed by atoms with Crippen LogP contribution in [0.4, 0.5) is 0 Å². The second-order valence-electron chi connectivity index (χ2n) is 26.0. The summed E-state index contributed by atoms with van der Waals surface area (Å²) in [6.45, 7) is 20.1. The lowest BCUT2D eigenvalue weighted by atomic mass is 9.94. The summed E-state index contributed by atoms with van der Waals surface area (Å²) < 4.78 is 72.5. The van der Waals surface area contributed by atoms with Crippen LogP contribution in [-0.2, 0) is 64.9 Å². The van der Waals surface area contributed by atoms with Crippen molar-refractivity contribution in [3.05, 3.63) is 117 Å². The van der Waals surface area contributed by atoms with Crippen LogP contribution in [0.15, 0.2) is 80.7 Å². The molecule has 17 N–H and O–H groups in total. The molecule has 0 bridgehead atoms. The molecule has 2 aromatic heterocycles. The predicted octanol–water partition coefficient (Wildman–Crippen LogP) is 4.48. The molecule has 2 aliphatic rings. The monoisotopic (exact) mass is 1330 g/mol. The molecule has 4 atom stereocenters. The van der Waals surface area contributed by atoms with Gasteiger partial charge in [-0.25, -0.2) is 26.3 Å². The first-order chi connectivity index (χ1) is 44.4. The van der Waals surface area contributed by atoms with Gasteiger partial charge in [0.2, 0.25) is 35.5 Å². The maximum absolute atomic E-state index is 13.8. The van der Waals surface area contributed by atoms with E-state index in [1.54, 1.807) is 27.7 Å². The van der Waals surface area contributed by atoms with Crippen molar-refractivity contribution in [2.45, 2.75) is 185 Å². The van der Waals surface area contributed by atoms with Crippen molar-refractivity contribution in [2.24, 2.45) is 32.9 Å². The molecule has 0 spiro atoms. The molecule has 2 aliphatic heterocycles. The minimum atomic E-state index is -4.15. The summed E-state index contributed by atoms with van der Waals surface area (Å²) in [6.07, 6.45) is 8.04. The number of ether oxygens (including phenoxy) is 2. The van der Waals surface area contributed by atoms with Gasteiger partial charge in [0.25, 0.3) is 20.0 Å². The van der Waals surface area contributed by atoms with Gasteiger partial charge in [-0.15, -0.1) is 0 Å². The van der Waals surface area contributed by atoms with Crippen LogP contribution in [0.25, 0.3) is 21.8 Å². The molecule has 0 fully saturated rings. The van der Waals surface area contributed by atoms with E-state index in [0.717, 1.165) is 68.0 Å². The van der Waals surface area contributed by atoms with E-state index in [0.29, 0.717) is 72.6 Å². The summed E-state index contributed by atoms with van der Waals surface area (Å²) in [4.78, 5) is 70.1. The van der Waals surface area contributed by atoms with Gasteiger partial charge in [0.15, 0.2) is 0 Å². The Kier molecular flexibility index (Phi) is 23.2. The highest BCUT2D eigenvalue weighted by Gasteiger charge is 2.39. The second kappa shape index (κ2) is 30.4. The van der Waals surface area contributed by atoms with Crippen molar-refractivity contribution in [1.82, 2.24) is 46.0 Å². The van der Waals surface area contributed by atoms with Crippen molar-refractivity contribution < 1.29 is 45.5 Å². The topological polar surface area (TPSA) is 400 Å². The first kappa shape index (κ1) is 71.6. The van der Waals surface area contributed by atoms with E-state index in [1.807, 2.05) is 102 Å². The molecule has 6 aromatic rings. The van der Waals surface area contributed by atoms with Crippen molar-refractivity contribution in [2.75, 3.05) is 39.3 Å². The maximum atomic E-state index is 13.8. The van der Waals surface area contributed by atoms with Gasteiger partial charge in [-0.05, 0) is 184 Å². The number of nitrogens with two attached hydrogens (primary N) is 4. The second-order valence-corrected chi connectivity index (χ2v) is 29.2. The Hall–Kier alpha value is -8.24. The molecule has 0 saturated carbocycles. The number of nitrogens with one attached hydrogen (secondary N) is 9. The Morgan fingerprint density at radius 3 is 1.37 bits per heavy atom. The Labute approximate surface area is 551 Å². The number of fused-ring (bicyclic) bond motifs is 4. The van der Waals surface area contributed by atoms with E-state index in [4.69, 9.17) is 32.4 Å². The van der Waals surface area contributed by atoms with Crippen LogP contribution in [0, 0.1) is 41.5 Å². The fraction of sp³-hybridized carbons (Fsp3) is 0.493. The standard InChI is InChI=1S/C67H95N15O10S2/c1-38-40(3)58(42(5)48-34-66(7,8)91-56(38)48)93(87,88)81-64(70)75-28-18-24-54(79-60(83)50(68)32-44-36-77-52-22-14-12-20-46(44)52)62(85)73-27-17-11-16-26-72-30-31-74-63(86)55(80-61(84)51(69)33-45-37-78-53-23-15-13-21-47(45)53)25-19-29-76-65(71)82-94(89,90)59-41(4)39(2)57-49(43(59)6)35-67(9,10)92-57/h12-15,20-23,36-37,50-51,54-55,72,77-78H,11,16-19,24-35,68-69H2,1-10H3,(H,73,85)(H,74,86)(H,79,83)(H,80,84)(H3,70,75,81)(H3,71,76,82)/t50-,51-,54-,55-/m1/s1. The summed E-state index contributed by atoms with van der Waals surface area (Å²) in [5, 5.41) is 16.7. The Morgan fingerprint density at radius 2 is 0.936 bits per heavy atom. The lowest BCUT2D eigenvalue weighted by Crippen LogP contribution is -2.52. The van der Waals surface area contributed by atoms with Gasteiger partial charge in [-0.2, -0.15) is 0 Å². The number of carbonyl (C=O) groups is 4. The van der Waals surface area contributed by atoms with Crippen LogP contribution in [0.1, 0.15) is 128 Å². The van der Waals surface area contributed by atoms with E-state index >= 15 is 0 Å². The molecule has 4 aromatic carbocycles. The number of benzene rings is 4. The number of aromatic nitrogens is 2. The van der Waals surface area contributed by atoms with Gasteiger partial charge in [0.05, 0.1) is 21.9 Å². The number of H-pyrrole nitrogens is 2. The van der Waals surface area contributed by atoms with Crippen LogP contribution in [0.5, 0.6) is 11.5 Å². The number of carbonyl (C=O) groups excluding carboxylic acids is 4. The number of guanidine groups is 2. The number of para-hydroxylation sites is 2. The smallest absolute Gasteiger partial charge is 0.264 e. The zero-order chi connectivity index (χ0) is 68.5. The van der Waals surface area contributed by atoms with Gasteiger partial charge in [0.1, 0.15) is 34.8 Å². The normalized spacial score (nSPS) is 15.7. The Bertz CT molecular complexity index is 3820. The van der Waals surface area contributed by atoms with Crippen LogP contribution in [0.2, 0.25) is 0 Å². The quantitative estimate of drug-likeness (QED) is 0.0162. The highest BCUT2D eigenvalue weighted by atomic mass is 32.2. The largest absolute Gasteiger partial charge is 0.487 e. The van der Waals surface area contributed by atoms with Crippen LogP contribution < -0.4 is 68.4 Å². The van der Waals surface area contributed by atoms with Crippen LogP contribution in [-0.4, -0.2) is 137 Å². The maximum Gasteiger partial charge on any atom is 0.264 e. The van der Waals surface area contributed by atoms with Crippen molar-refractivity contribution >= 4 is 77.4 Å². The number of nitrogens with zero attached hydrogens (tertiary/aromatic N) is 2. The predicted molar refractivity (Wildman–Crippen MR) is 367 cm³/mol. The van der Waals surface area contributed by atoms with Gasteiger partial charge >= 0.3 is 0 Å². The number of unbranched alkanes of at least 4 members (excludes halogenated alkanes) is 2. The number of hydrogen-bond acceptors (Lipinski definition) is 15. The molecule has 0 aliphatic carbocycles. The number of aromatic amines is 2. The van der Waals surface area contributed by atoms with Crippen LogP contribution >= 0.6 is 0 Å². The first-order valence-electron chi connectivity index (χ1n) is 32.1. The molecule has 94 heavy (non-hydrogen) atoms. The average Bonchev–Trinajstić information content (AvgIpc) is 1.49. The number of aliphatic imine (C=N–C) groups is 2. The third-order valence-corrected chi connectivity index (χ3v) is 20.8. The molecular formula is C67H95N15O10S2. The minimum absolute atomic E-state index is 0.0386. The summed E-state index contributed by atoms with van der Waals surface area (Å²) in [5.74, 6) is -1.12.